The molecule has 1 unspecified atom stereocenters. The van der Waals surface area contributed by atoms with Gasteiger partial charge in [0.25, 0.3) is 0 Å². The first-order valence-electron chi connectivity index (χ1n) is 11.3. The van der Waals surface area contributed by atoms with Gasteiger partial charge in [0.05, 0.1) is 0 Å². The largest absolute Gasteiger partial charge is 0.506 e. The Bertz CT molecular complexity index is 1240. The average Bonchev–Trinajstić information content (AvgIpc) is 3.23. The van der Waals surface area contributed by atoms with Gasteiger partial charge in [-0.25, -0.2) is 0 Å². The maximum atomic E-state index is 12.6. The Morgan fingerprint density at radius 3 is 2.52 bits per heavy atom. The van der Waals surface area contributed by atoms with Gasteiger partial charge in [-0.15, -0.1) is 15.0 Å². The van der Waals surface area contributed by atoms with E-state index in [0.717, 1.165) is 46.5 Å². The highest BCUT2D eigenvalue weighted by Gasteiger charge is 2.17. The number of rotatable bonds is 9. The van der Waals surface area contributed by atoms with Gasteiger partial charge in [0.2, 0.25) is 5.91 Å². The van der Waals surface area contributed by atoms with E-state index >= 15 is 0 Å². The summed E-state index contributed by atoms with van der Waals surface area (Å²) in [4.78, 5) is 16.2. The molecule has 0 bridgehead atoms. The summed E-state index contributed by atoms with van der Waals surface area (Å²) in [5.74, 6) is -0.0223. The number of carbonyl (C=O) groups excluding carboxylic acids is 1. The highest BCUT2D eigenvalue weighted by atomic mass is 32.2. The molecule has 1 atom stereocenters. The van der Waals surface area contributed by atoms with E-state index in [-0.39, 0.29) is 17.6 Å². The van der Waals surface area contributed by atoms with E-state index in [2.05, 4.69) is 34.6 Å². The highest BCUT2D eigenvalue weighted by molar-refractivity contribution is 7.99. The third-order valence-corrected chi connectivity index (χ3v) is 6.56. The van der Waals surface area contributed by atoms with Crippen LogP contribution in [0.15, 0.2) is 76.5 Å². The van der Waals surface area contributed by atoms with E-state index < -0.39 is 0 Å². The fraction of sp³-hybridized carbons (Fsp3) is 0.269. The molecular formula is C26H28N4O2S. The molecule has 3 aromatic carbocycles. The molecule has 0 saturated carbocycles. The number of phenolic OH excluding ortho intramolecular Hbond substituents is 1. The SMILES string of the molecule is CCCCC(CC)C(=O)Nc1ccc(-n2nc3ccc(Sc4ccccc4)cc3n2)c(O)c1. The molecule has 0 aliphatic rings. The summed E-state index contributed by atoms with van der Waals surface area (Å²) < 4.78 is 0. The van der Waals surface area contributed by atoms with Crippen molar-refractivity contribution in [1.29, 1.82) is 0 Å². The first kappa shape index (κ1) is 22.9. The van der Waals surface area contributed by atoms with Crippen molar-refractivity contribution >= 4 is 34.4 Å². The molecule has 1 aromatic heterocycles. The van der Waals surface area contributed by atoms with Gasteiger partial charge >= 0.3 is 0 Å². The van der Waals surface area contributed by atoms with E-state index in [1.165, 1.54) is 4.80 Å². The van der Waals surface area contributed by atoms with Crippen molar-refractivity contribution < 1.29 is 9.90 Å². The number of unbranched alkanes of at least 4 members (excludes halogenated alkanes) is 1. The molecular weight excluding hydrogens is 432 g/mol. The molecule has 6 nitrogen and oxygen atoms in total. The normalized spacial score (nSPS) is 12.1. The monoisotopic (exact) mass is 460 g/mol. The third kappa shape index (κ3) is 5.54. The lowest BCUT2D eigenvalue weighted by molar-refractivity contribution is -0.120. The predicted molar refractivity (Wildman–Crippen MR) is 133 cm³/mol. The molecule has 0 saturated heterocycles. The zero-order chi connectivity index (χ0) is 23.2. The summed E-state index contributed by atoms with van der Waals surface area (Å²) in [6, 6.07) is 21.1. The van der Waals surface area contributed by atoms with Crippen LogP contribution < -0.4 is 5.32 Å². The number of hydrogen-bond donors (Lipinski definition) is 2. The maximum Gasteiger partial charge on any atom is 0.227 e. The van der Waals surface area contributed by atoms with Crippen LogP contribution in [0.5, 0.6) is 5.75 Å². The summed E-state index contributed by atoms with van der Waals surface area (Å²) in [5.41, 5.74) is 2.51. The Hall–Kier alpha value is -3.32. The van der Waals surface area contributed by atoms with Gasteiger partial charge in [-0.3, -0.25) is 4.79 Å². The molecule has 0 spiro atoms. The number of hydrogen-bond acceptors (Lipinski definition) is 5. The van der Waals surface area contributed by atoms with E-state index in [4.69, 9.17) is 0 Å². The van der Waals surface area contributed by atoms with Crippen LogP contribution in [0.4, 0.5) is 5.69 Å². The van der Waals surface area contributed by atoms with Crippen molar-refractivity contribution in [3.05, 3.63) is 66.7 Å². The van der Waals surface area contributed by atoms with Gasteiger partial charge in [0.15, 0.2) is 0 Å². The van der Waals surface area contributed by atoms with Crippen molar-refractivity contribution in [1.82, 2.24) is 15.0 Å². The minimum absolute atomic E-state index is 0.00796. The molecule has 170 valence electrons. The predicted octanol–water partition coefficient (Wildman–Crippen LogP) is 6.43. The number of phenols is 1. The number of amides is 1. The fourth-order valence-corrected chi connectivity index (χ4v) is 4.55. The Kier molecular flexibility index (Phi) is 7.29. The molecule has 4 rings (SSSR count). The summed E-state index contributed by atoms with van der Waals surface area (Å²) >= 11 is 1.66. The molecule has 0 radical (unpaired) electrons. The van der Waals surface area contributed by atoms with Crippen LogP contribution in [0.1, 0.15) is 39.5 Å². The Balaban J connectivity index is 1.51. The lowest BCUT2D eigenvalue weighted by Crippen LogP contribution is -2.22. The summed E-state index contributed by atoms with van der Waals surface area (Å²) in [5, 5.41) is 22.6. The van der Waals surface area contributed by atoms with Gasteiger partial charge in [0, 0.05) is 27.5 Å². The van der Waals surface area contributed by atoms with Gasteiger partial charge in [-0.2, -0.15) is 0 Å². The number of aromatic hydroxyl groups is 1. The smallest absolute Gasteiger partial charge is 0.227 e. The molecule has 33 heavy (non-hydrogen) atoms. The van der Waals surface area contributed by atoms with E-state index in [1.807, 2.05) is 43.3 Å². The summed E-state index contributed by atoms with van der Waals surface area (Å²) in [6.45, 7) is 4.15. The molecule has 1 heterocycles. The number of carbonyl (C=O) groups is 1. The van der Waals surface area contributed by atoms with Crippen LogP contribution in [-0.2, 0) is 4.79 Å². The first-order valence-corrected chi connectivity index (χ1v) is 12.1. The molecule has 7 heteroatoms. The number of aromatic nitrogens is 3. The van der Waals surface area contributed by atoms with Gasteiger partial charge in [-0.05, 0) is 55.3 Å². The lowest BCUT2D eigenvalue weighted by Gasteiger charge is -2.15. The molecule has 0 aliphatic carbocycles. The van der Waals surface area contributed by atoms with E-state index in [0.29, 0.717) is 11.4 Å². The Labute approximate surface area is 198 Å². The van der Waals surface area contributed by atoms with Crippen molar-refractivity contribution in [2.24, 2.45) is 5.92 Å². The third-order valence-electron chi connectivity index (χ3n) is 5.56. The van der Waals surface area contributed by atoms with Crippen molar-refractivity contribution in [2.75, 3.05) is 5.32 Å². The zero-order valence-electron chi connectivity index (χ0n) is 18.9. The standard InChI is InChI=1S/C26H28N4O2S/c1-3-5-9-18(4-2)26(32)27-19-12-15-24(25(31)16-19)30-28-22-14-13-21(17-23(22)29-30)33-20-10-7-6-8-11-20/h6-8,10-18,31H,3-5,9H2,1-2H3,(H,27,32). The topological polar surface area (TPSA) is 80.0 Å². The second-order valence-corrected chi connectivity index (χ2v) is 9.14. The van der Waals surface area contributed by atoms with Gasteiger partial charge < -0.3 is 10.4 Å². The van der Waals surface area contributed by atoms with Gasteiger partial charge in [0.1, 0.15) is 22.5 Å². The van der Waals surface area contributed by atoms with Crippen LogP contribution in [0, 0.1) is 5.92 Å². The van der Waals surface area contributed by atoms with Crippen molar-refractivity contribution in [3.63, 3.8) is 0 Å². The maximum absolute atomic E-state index is 12.6. The molecule has 4 aromatic rings. The van der Waals surface area contributed by atoms with E-state index in [9.17, 15) is 9.90 Å². The molecule has 0 aliphatic heterocycles. The van der Waals surface area contributed by atoms with Crippen molar-refractivity contribution in [3.8, 4) is 11.4 Å². The average molecular weight is 461 g/mol. The van der Waals surface area contributed by atoms with Crippen LogP contribution in [0.25, 0.3) is 16.7 Å². The molecule has 0 fully saturated rings. The summed E-state index contributed by atoms with van der Waals surface area (Å²) in [6.07, 6.45) is 3.76. The number of anilines is 1. The van der Waals surface area contributed by atoms with Crippen LogP contribution >= 0.6 is 11.8 Å². The number of fused-ring (bicyclic) bond motifs is 1. The quantitative estimate of drug-likeness (QED) is 0.301. The highest BCUT2D eigenvalue weighted by Crippen LogP contribution is 2.30. The zero-order valence-corrected chi connectivity index (χ0v) is 19.7. The van der Waals surface area contributed by atoms with Crippen LogP contribution in [-0.4, -0.2) is 26.0 Å². The number of benzene rings is 3. The fourth-order valence-electron chi connectivity index (χ4n) is 3.68. The van der Waals surface area contributed by atoms with E-state index in [1.54, 1.807) is 30.0 Å². The second kappa shape index (κ2) is 10.5. The first-order chi connectivity index (χ1) is 16.1. The van der Waals surface area contributed by atoms with Crippen molar-refractivity contribution in [2.45, 2.75) is 49.3 Å². The lowest BCUT2D eigenvalue weighted by atomic mass is 9.98. The minimum Gasteiger partial charge on any atom is -0.506 e. The number of nitrogens with zero attached hydrogens (tertiary/aromatic N) is 3. The molecule has 2 N–H and O–H groups in total. The Morgan fingerprint density at radius 1 is 1.00 bits per heavy atom. The second-order valence-electron chi connectivity index (χ2n) is 8.00. The van der Waals surface area contributed by atoms with Crippen LogP contribution in [0.3, 0.4) is 0 Å². The minimum atomic E-state index is -0.0206. The number of nitrogens with one attached hydrogen (secondary N) is 1. The molecule has 1 amide bonds. The van der Waals surface area contributed by atoms with Gasteiger partial charge in [-0.1, -0.05) is 56.7 Å². The Morgan fingerprint density at radius 2 is 1.79 bits per heavy atom. The summed E-state index contributed by atoms with van der Waals surface area (Å²) in [7, 11) is 0. The van der Waals surface area contributed by atoms with Crippen LogP contribution in [0.2, 0.25) is 0 Å².